The number of halogens is 1. The summed E-state index contributed by atoms with van der Waals surface area (Å²) < 4.78 is 11.8. The van der Waals surface area contributed by atoms with E-state index < -0.39 is 0 Å². The number of ether oxygens (including phenoxy) is 2. The minimum Gasteiger partial charge on any atom is -1.00 e. The van der Waals surface area contributed by atoms with Crippen LogP contribution in [-0.4, -0.2) is 13.2 Å². The first-order valence-corrected chi connectivity index (χ1v) is 15.0. The average molecular weight is 530 g/mol. The van der Waals surface area contributed by atoms with Gasteiger partial charge < -0.3 is 27.6 Å². The standard InChI is InChI=1S/C33H51NO2.ClH/c1-2-3-10-15-28-18-20-29(21-19-28)30-22-24-31(25-23-30)35-26-13-8-6-4-5-7-9-14-27-36-33-17-12-11-16-32(33)34;/h11-12,16-17,22-25,28-29H,2-10,13-15,18-21,26-27,34H2,1H3;1H. The normalized spacial score (nSPS) is 17.2. The molecule has 0 spiro atoms. The molecular weight excluding hydrogens is 478 g/mol. The molecule has 3 nitrogen and oxygen atoms in total. The first kappa shape index (κ1) is 31.5. The molecule has 0 radical (unpaired) electrons. The minimum absolute atomic E-state index is 0. The lowest BCUT2D eigenvalue weighted by molar-refractivity contribution is -0.256. The van der Waals surface area contributed by atoms with Gasteiger partial charge in [0, 0.05) is 6.07 Å². The Balaban J connectivity index is 0.00000481. The van der Waals surface area contributed by atoms with Crippen molar-refractivity contribution in [2.75, 3.05) is 13.2 Å². The summed E-state index contributed by atoms with van der Waals surface area (Å²) in [5, 5.41) is 0. The van der Waals surface area contributed by atoms with Gasteiger partial charge >= 0.3 is 0 Å². The Labute approximate surface area is 233 Å². The third-order valence-corrected chi connectivity index (χ3v) is 7.95. The number of unbranched alkanes of at least 4 members (excludes halogenated alkanes) is 9. The predicted octanol–water partition coefficient (Wildman–Crippen LogP) is 6.00. The fraction of sp³-hybridized carbons (Fsp3) is 0.636. The maximum absolute atomic E-state index is 6.02. The van der Waals surface area contributed by atoms with Crippen molar-refractivity contribution in [2.45, 2.75) is 116 Å². The van der Waals surface area contributed by atoms with Gasteiger partial charge in [0.1, 0.15) is 5.75 Å². The van der Waals surface area contributed by atoms with Gasteiger partial charge in [-0.1, -0.05) is 95.4 Å². The quantitative estimate of drug-likeness (QED) is 0.241. The van der Waals surface area contributed by atoms with Crippen LogP contribution >= 0.6 is 0 Å². The Morgan fingerprint density at radius 2 is 1.27 bits per heavy atom. The van der Waals surface area contributed by atoms with E-state index in [2.05, 4.69) is 36.9 Å². The molecule has 1 saturated carbocycles. The maximum atomic E-state index is 6.02. The zero-order valence-electron chi connectivity index (χ0n) is 23.4. The van der Waals surface area contributed by atoms with E-state index in [1.807, 2.05) is 24.3 Å². The van der Waals surface area contributed by atoms with E-state index in [0.717, 1.165) is 55.1 Å². The van der Waals surface area contributed by atoms with Gasteiger partial charge in [-0.2, -0.15) is 0 Å². The molecule has 0 aliphatic heterocycles. The predicted molar refractivity (Wildman–Crippen MR) is 152 cm³/mol. The molecular formula is C33H52ClNO2. The summed E-state index contributed by atoms with van der Waals surface area (Å²) in [4.78, 5) is 0. The molecule has 0 heterocycles. The van der Waals surface area contributed by atoms with Crippen molar-refractivity contribution in [3.8, 4) is 11.5 Å². The van der Waals surface area contributed by atoms with Crippen LogP contribution in [0.3, 0.4) is 0 Å². The van der Waals surface area contributed by atoms with Crippen molar-refractivity contribution < 1.29 is 27.6 Å². The number of benzene rings is 2. The van der Waals surface area contributed by atoms with Crippen LogP contribution in [0.4, 0.5) is 5.69 Å². The van der Waals surface area contributed by atoms with Gasteiger partial charge in [-0.25, -0.2) is 0 Å². The molecule has 3 rings (SSSR count). The summed E-state index contributed by atoms with van der Waals surface area (Å²) in [6.07, 6.45) is 21.3. The second kappa shape index (κ2) is 19.4. The number of hydrogen-bond donors (Lipinski definition) is 1. The molecule has 0 unspecified atom stereocenters. The molecule has 2 aromatic carbocycles. The molecule has 0 amide bonds. The van der Waals surface area contributed by atoms with Crippen LogP contribution in [0, 0.1) is 5.92 Å². The van der Waals surface area contributed by atoms with Gasteiger partial charge in [0.2, 0.25) is 0 Å². The highest BCUT2D eigenvalue weighted by atomic mass is 35.5. The van der Waals surface area contributed by atoms with E-state index in [1.54, 1.807) is 0 Å². The molecule has 4 heteroatoms. The van der Waals surface area contributed by atoms with Crippen molar-refractivity contribution in [2.24, 2.45) is 5.92 Å². The summed E-state index contributed by atoms with van der Waals surface area (Å²) in [5.41, 5.74) is 6.50. The minimum atomic E-state index is 0. The van der Waals surface area contributed by atoms with E-state index in [-0.39, 0.29) is 12.4 Å². The van der Waals surface area contributed by atoms with E-state index >= 15 is 0 Å². The van der Waals surface area contributed by atoms with Gasteiger partial charge in [0.15, 0.2) is 11.4 Å². The summed E-state index contributed by atoms with van der Waals surface area (Å²) in [6.45, 7) is 3.94. The highest BCUT2D eigenvalue weighted by Gasteiger charge is 2.22. The van der Waals surface area contributed by atoms with Crippen LogP contribution < -0.4 is 27.6 Å². The number of para-hydroxylation sites is 1. The molecule has 1 aliphatic rings. The molecule has 0 bridgehead atoms. The van der Waals surface area contributed by atoms with Crippen LogP contribution in [0.25, 0.3) is 0 Å². The second-order valence-corrected chi connectivity index (χ2v) is 10.9. The molecule has 0 aromatic heterocycles. The molecule has 0 atom stereocenters. The Bertz CT molecular complexity index is 817. The zero-order valence-corrected chi connectivity index (χ0v) is 24.2. The maximum Gasteiger partial charge on any atom is 0.179 e. The fourth-order valence-corrected chi connectivity index (χ4v) is 5.59. The van der Waals surface area contributed by atoms with Crippen LogP contribution in [-0.2, 0) is 0 Å². The van der Waals surface area contributed by atoms with Crippen LogP contribution in [0.15, 0.2) is 48.5 Å². The smallest absolute Gasteiger partial charge is 0.179 e. The van der Waals surface area contributed by atoms with Crippen molar-refractivity contribution in [3.05, 3.63) is 54.1 Å². The largest absolute Gasteiger partial charge is 1.00 e. The van der Waals surface area contributed by atoms with E-state index in [1.165, 1.54) is 95.5 Å². The zero-order chi connectivity index (χ0) is 25.3. The van der Waals surface area contributed by atoms with Gasteiger partial charge in [0.25, 0.3) is 0 Å². The van der Waals surface area contributed by atoms with E-state index in [9.17, 15) is 0 Å². The molecule has 208 valence electrons. The highest BCUT2D eigenvalue weighted by Crippen LogP contribution is 2.38. The van der Waals surface area contributed by atoms with Crippen LogP contribution in [0.1, 0.15) is 121 Å². The third-order valence-electron chi connectivity index (χ3n) is 7.95. The third kappa shape index (κ3) is 12.6. The van der Waals surface area contributed by atoms with Crippen molar-refractivity contribution in [1.29, 1.82) is 0 Å². The van der Waals surface area contributed by atoms with Crippen LogP contribution in [0.5, 0.6) is 11.5 Å². The van der Waals surface area contributed by atoms with Crippen molar-refractivity contribution in [3.63, 3.8) is 0 Å². The lowest BCUT2D eigenvalue weighted by Gasteiger charge is -2.29. The lowest BCUT2D eigenvalue weighted by atomic mass is 9.77. The van der Waals surface area contributed by atoms with Gasteiger partial charge in [-0.15, -0.1) is 0 Å². The first-order valence-electron chi connectivity index (χ1n) is 15.0. The Kier molecular flexibility index (Phi) is 16.5. The van der Waals surface area contributed by atoms with Gasteiger partial charge in [-0.3, -0.25) is 0 Å². The highest BCUT2D eigenvalue weighted by molar-refractivity contribution is 5.44. The lowest BCUT2D eigenvalue weighted by Crippen LogP contribution is -3.00. The summed E-state index contributed by atoms with van der Waals surface area (Å²) in [5.74, 6) is 3.71. The Morgan fingerprint density at radius 3 is 1.89 bits per heavy atom. The molecule has 2 aromatic rings. The number of rotatable bonds is 18. The molecule has 3 N–H and O–H groups in total. The fourth-order valence-electron chi connectivity index (χ4n) is 5.59. The van der Waals surface area contributed by atoms with E-state index in [0.29, 0.717) is 0 Å². The Morgan fingerprint density at radius 1 is 0.676 bits per heavy atom. The summed E-state index contributed by atoms with van der Waals surface area (Å²) >= 11 is 0. The van der Waals surface area contributed by atoms with Gasteiger partial charge in [-0.05, 0) is 74.1 Å². The molecule has 37 heavy (non-hydrogen) atoms. The second-order valence-electron chi connectivity index (χ2n) is 10.9. The summed E-state index contributed by atoms with van der Waals surface area (Å²) in [6, 6.07) is 17.0. The number of hydrogen-bond acceptors (Lipinski definition) is 2. The first-order chi connectivity index (χ1) is 17.8. The molecule has 0 saturated heterocycles. The van der Waals surface area contributed by atoms with Crippen molar-refractivity contribution >= 4 is 5.69 Å². The monoisotopic (exact) mass is 529 g/mol. The van der Waals surface area contributed by atoms with E-state index in [4.69, 9.17) is 9.47 Å². The summed E-state index contributed by atoms with van der Waals surface area (Å²) in [7, 11) is 0. The van der Waals surface area contributed by atoms with Crippen molar-refractivity contribution in [1.82, 2.24) is 0 Å². The Hall–Kier alpha value is -1.71. The molecule has 1 aliphatic carbocycles. The number of quaternary nitrogens is 1. The van der Waals surface area contributed by atoms with Gasteiger partial charge in [0.05, 0.1) is 13.2 Å². The molecule has 1 fully saturated rings. The van der Waals surface area contributed by atoms with Crippen LogP contribution in [0.2, 0.25) is 0 Å². The SMILES string of the molecule is CCCCCC1CCC(c2ccc(OCCCCCCCCCCOc3ccccc3[NH3+])cc2)CC1.[Cl-]. The average Bonchev–Trinajstić information content (AvgIpc) is 2.91. The topological polar surface area (TPSA) is 46.1 Å².